The van der Waals surface area contributed by atoms with E-state index in [-0.39, 0.29) is 6.61 Å². The Morgan fingerprint density at radius 3 is 2.57 bits per heavy atom. The van der Waals surface area contributed by atoms with Crippen LogP contribution in [0.15, 0.2) is 30.5 Å². The molecule has 0 amide bonds. The predicted octanol–water partition coefficient (Wildman–Crippen LogP) is 2.62. The molecule has 4 nitrogen and oxygen atoms in total. The fourth-order valence-electron chi connectivity index (χ4n) is 2.54. The Bertz CT molecular complexity index is 707. The molecule has 1 aromatic heterocycles. The minimum Gasteiger partial charge on any atom is -0.387 e. The van der Waals surface area contributed by atoms with Crippen molar-refractivity contribution in [3.8, 4) is 5.69 Å². The van der Waals surface area contributed by atoms with Gasteiger partial charge in [0.2, 0.25) is 0 Å². The number of hydrogen-bond acceptors (Lipinski definition) is 3. The summed E-state index contributed by atoms with van der Waals surface area (Å²) in [6, 6.07) is 7.95. The lowest BCUT2D eigenvalue weighted by atomic mass is 10.1. The average Bonchev–Trinajstić information content (AvgIpc) is 2.94. The first kappa shape index (κ1) is 14.4. The molecule has 2 aromatic rings. The highest BCUT2D eigenvalue weighted by molar-refractivity contribution is 7.71. The van der Waals surface area contributed by atoms with Gasteiger partial charge in [-0.2, -0.15) is 0 Å². The van der Waals surface area contributed by atoms with Crippen molar-refractivity contribution in [2.24, 2.45) is 7.05 Å². The van der Waals surface area contributed by atoms with E-state index in [0.29, 0.717) is 10.5 Å². The van der Waals surface area contributed by atoms with E-state index in [0.717, 1.165) is 11.3 Å². The van der Waals surface area contributed by atoms with E-state index in [9.17, 15) is 9.50 Å². The van der Waals surface area contributed by atoms with Gasteiger partial charge in [0.05, 0.1) is 12.3 Å². The normalized spacial score (nSPS) is 25.4. The lowest BCUT2D eigenvalue weighted by molar-refractivity contribution is 0.0312. The van der Waals surface area contributed by atoms with Crippen molar-refractivity contribution in [2.75, 3.05) is 6.61 Å². The molecule has 1 aliphatic heterocycles. The van der Waals surface area contributed by atoms with E-state index in [1.165, 1.54) is 0 Å². The van der Waals surface area contributed by atoms with Crippen LogP contribution in [0.2, 0.25) is 0 Å². The number of rotatable bonds is 2. The highest BCUT2D eigenvalue weighted by atomic mass is 32.1. The number of aliphatic hydroxyl groups excluding tert-OH is 1. The van der Waals surface area contributed by atoms with Crippen molar-refractivity contribution < 1.29 is 14.2 Å². The van der Waals surface area contributed by atoms with E-state index in [4.69, 9.17) is 17.0 Å². The summed E-state index contributed by atoms with van der Waals surface area (Å²) in [5.41, 5.74) is 2.77. The summed E-state index contributed by atoms with van der Waals surface area (Å²) in [6.07, 6.45) is -1.39. The zero-order chi connectivity index (χ0) is 15.1. The molecule has 0 bridgehead atoms. The molecular formula is C15H17FN2O2S. The first-order valence-electron chi connectivity index (χ1n) is 6.78. The second-order valence-electron chi connectivity index (χ2n) is 5.36. The Hall–Kier alpha value is -1.50. The second-order valence-corrected chi connectivity index (χ2v) is 5.73. The summed E-state index contributed by atoms with van der Waals surface area (Å²) >= 11 is 5.43. The molecule has 0 unspecified atom stereocenters. The Balaban J connectivity index is 2.04. The summed E-state index contributed by atoms with van der Waals surface area (Å²) in [4.78, 5) is 0. The molecule has 1 saturated heterocycles. The summed E-state index contributed by atoms with van der Waals surface area (Å²) in [5, 5.41) is 9.89. The van der Waals surface area contributed by atoms with Crippen LogP contribution in [0.4, 0.5) is 4.39 Å². The number of ether oxygens (including phenoxy) is 1. The molecule has 0 saturated carbocycles. The predicted molar refractivity (Wildman–Crippen MR) is 79.9 cm³/mol. The SMILES string of the molecule is Cc1ccc(-n2cc([C@@H]3OC[C@H](F)[C@H]3O)n(C)c2=S)cc1. The van der Waals surface area contributed by atoms with Crippen LogP contribution < -0.4 is 0 Å². The van der Waals surface area contributed by atoms with Crippen LogP contribution in [0.5, 0.6) is 0 Å². The lowest BCUT2D eigenvalue weighted by Gasteiger charge is -2.14. The van der Waals surface area contributed by atoms with Gasteiger partial charge >= 0.3 is 0 Å². The maximum atomic E-state index is 13.4. The average molecular weight is 308 g/mol. The number of hydrogen-bond donors (Lipinski definition) is 1. The lowest BCUT2D eigenvalue weighted by Crippen LogP contribution is -2.22. The Morgan fingerprint density at radius 1 is 1.33 bits per heavy atom. The van der Waals surface area contributed by atoms with Crippen molar-refractivity contribution >= 4 is 12.2 Å². The highest BCUT2D eigenvalue weighted by Crippen LogP contribution is 2.31. The van der Waals surface area contributed by atoms with Crippen LogP contribution in [0.1, 0.15) is 17.4 Å². The first-order chi connectivity index (χ1) is 9.99. The number of aliphatic hydroxyl groups is 1. The van der Waals surface area contributed by atoms with Crippen molar-refractivity contribution in [1.29, 1.82) is 0 Å². The summed E-state index contributed by atoms with van der Waals surface area (Å²) in [7, 11) is 1.80. The number of benzene rings is 1. The van der Waals surface area contributed by atoms with E-state index in [1.54, 1.807) is 17.8 Å². The van der Waals surface area contributed by atoms with Gasteiger partial charge in [0.15, 0.2) is 10.9 Å². The van der Waals surface area contributed by atoms with Gasteiger partial charge in [-0.3, -0.25) is 4.57 Å². The minimum absolute atomic E-state index is 0.0890. The van der Waals surface area contributed by atoms with Gasteiger partial charge in [0.25, 0.3) is 0 Å². The number of aromatic nitrogens is 2. The van der Waals surface area contributed by atoms with Crippen molar-refractivity contribution in [1.82, 2.24) is 9.13 Å². The molecule has 6 heteroatoms. The number of nitrogens with zero attached hydrogens (tertiary/aromatic N) is 2. The molecule has 1 N–H and O–H groups in total. The quantitative estimate of drug-likeness (QED) is 0.867. The third kappa shape index (κ3) is 2.43. The molecule has 3 atom stereocenters. The standard InChI is InChI=1S/C15H17FN2O2S/c1-9-3-5-10(6-4-9)18-7-12(17(2)15(18)21)14-13(19)11(16)8-20-14/h3-7,11,13-14,19H,8H2,1-2H3/t11-,13+,14-/m0/s1. The van der Waals surface area contributed by atoms with Crippen LogP contribution >= 0.6 is 12.2 Å². The van der Waals surface area contributed by atoms with E-state index < -0.39 is 18.4 Å². The summed E-state index contributed by atoms with van der Waals surface area (Å²) in [5.74, 6) is 0. The zero-order valence-corrected chi connectivity index (χ0v) is 12.7. The van der Waals surface area contributed by atoms with Gasteiger partial charge in [0.1, 0.15) is 12.2 Å². The molecule has 1 aromatic carbocycles. The van der Waals surface area contributed by atoms with Gasteiger partial charge in [-0.25, -0.2) is 4.39 Å². The van der Waals surface area contributed by atoms with Gasteiger partial charge < -0.3 is 14.4 Å². The molecule has 0 aliphatic carbocycles. The van der Waals surface area contributed by atoms with Crippen LogP contribution in [0.25, 0.3) is 5.69 Å². The molecule has 3 rings (SSSR count). The maximum Gasteiger partial charge on any atom is 0.184 e. The molecule has 0 radical (unpaired) electrons. The van der Waals surface area contributed by atoms with Gasteiger partial charge in [-0.05, 0) is 31.3 Å². The highest BCUT2D eigenvalue weighted by Gasteiger charge is 2.38. The van der Waals surface area contributed by atoms with Crippen LogP contribution in [-0.4, -0.2) is 33.1 Å². The van der Waals surface area contributed by atoms with Crippen LogP contribution in [0, 0.1) is 11.7 Å². The topological polar surface area (TPSA) is 39.3 Å². The van der Waals surface area contributed by atoms with Crippen molar-refractivity contribution in [3.05, 3.63) is 46.5 Å². The molecule has 2 heterocycles. The maximum absolute atomic E-state index is 13.4. The van der Waals surface area contributed by atoms with E-state index in [2.05, 4.69) is 0 Å². The van der Waals surface area contributed by atoms with Crippen molar-refractivity contribution in [2.45, 2.75) is 25.3 Å². The zero-order valence-electron chi connectivity index (χ0n) is 11.9. The number of alkyl halides is 1. The first-order valence-corrected chi connectivity index (χ1v) is 7.19. The molecule has 1 fully saturated rings. The fraction of sp³-hybridized carbons (Fsp3) is 0.400. The second kappa shape index (κ2) is 5.36. The minimum atomic E-state index is -1.36. The Kier molecular flexibility index (Phi) is 3.69. The van der Waals surface area contributed by atoms with E-state index >= 15 is 0 Å². The fourth-order valence-corrected chi connectivity index (χ4v) is 2.81. The molecule has 1 aliphatic rings. The summed E-state index contributed by atoms with van der Waals surface area (Å²) in [6.45, 7) is 1.93. The molecule has 21 heavy (non-hydrogen) atoms. The third-order valence-electron chi connectivity index (χ3n) is 3.86. The van der Waals surface area contributed by atoms with Crippen LogP contribution in [-0.2, 0) is 11.8 Å². The Morgan fingerprint density at radius 2 is 2.00 bits per heavy atom. The van der Waals surface area contributed by atoms with Gasteiger partial charge in [-0.1, -0.05) is 17.7 Å². The van der Waals surface area contributed by atoms with Crippen molar-refractivity contribution in [3.63, 3.8) is 0 Å². The largest absolute Gasteiger partial charge is 0.387 e. The van der Waals surface area contributed by atoms with Gasteiger partial charge in [-0.15, -0.1) is 0 Å². The van der Waals surface area contributed by atoms with Crippen LogP contribution in [0.3, 0.4) is 0 Å². The monoisotopic (exact) mass is 308 g/mol. The van der Waals surface area contributed by atoms with E-state index in [1.807, 2.05) is 35.8 Å². The number of imidazole rings is 1. The van der Waals surface area contributed by atoms with Gasteiger partial charge in [0, 0.05) is 18.9 Å². The number of halogens is 1. The third-order valence-corrected chi connectivity index (χ3v) is 4.33. The summed E-state index contributed by atoms with van der Waals surface area (Å²) < 4.78 is 23.0. The molecule has 0 spiro atoms. The molecule has 112 valence electrons. The number of aryl methyl sites for hydroxylation is 1. The smallest absolute Gasteiger partial charge is 0.184 e. The Labute approximate surface area is 127 Å². The molecular weight excluding hydrogens is 291 g/mol.